The standard InChI is InChI=1S/C31H44N4O2S2/c1-3-4-5-6-7-8-9-10-11-15-20-34-30(37)26(39-31(34)38)21-25-28(32-24-16-13-12-14-17-24)33-27-19-18-23(2)22-35(27)29(25)36/h18-19,21-22,24,32H,3-17,20H2,1-2H3. The molecule has 1 amide bonds. The second-order valence-electron chi connectivity index (χ2n) is 11.1. The first-order chi connectivity index (χ1) is 19.0. The molecule has 0 unspecified atom stereocenters. The molecular weight excluding hydrogens is 525 g/mol. The van der Waals surface area contributed by atoms with Gasteiger partial charge in [0.15, 0.2) is 0 Å². The summed E-state index contributed by atoms with van der Waals surface area (Å²) in [5, 5.41) is 3.54. The Balaban J connectivity index is 1.42. The zero-order chi connectivity index (χ0) is 27.6. The number of nitrogens with one attached hydrogen (secondary N) is 1. The normalized spacial score (nSPS) is 17.6. The van der Waals surface area contributed by atoms with Crippen molar-refractivity contribution in [3.05, 3.63) is 44.7 Å². The lowest BCUT2D eigenvalue weighted by atomic mass is 9.95. The number of hydrogen-bond acceptors (Lipinski definition) is 6. The maximum Gasteiger partial charge on any atom is 0.267 e. The highest BCUT2D eigenvalue weighted by molar-refractivity contribution is 8.26. The molecule has 1 saturated carbocycles. The molecule has 0 radical (unpaired) electrons. The van der Waals surface area contributed by atoms with E-state index in [0.717, 1.165) is 31.2 Å². The van der Waals surface area contributed by atoms with Crippen LogP contribution < -0.4 is 10.9 Å². The molecule has 2 aromatic rings. The van der Waals surface area contributed by atoms with E-state index in [2.05, 4.69) is 12.2 Å². The molecule has 1 N–H and O–H groups in total. The average molecular weight is 569 g/mol. The van der Waals surface area contributed by atoms with Crippen LogP contribution in [0.3, 0.4) is 0 Å². The van der Waals surface area contributed by atoms with Gasteiger partial charge in [0.05, 0.1) is 10.5 Å². The van der Waals surface area contributed by atoms with Crippen LogP contribution in [0.1, 0.15) is 114 Å². The Bertz CT molecular complexity index is 1230. The van der Waals surface area contributed by atoms with Crippen LogP contribution in [0.5, 0.6) is 0 Å². The van der Waals surface area contributed by atoms with Crippen molar-refractivity contribution in [1.29, 1.82) is 0 Å². The van der Waals surface area contributed by atoms with Gasteiger partial charge in [0.2, 0.25) is 0 Å². The predicted octanol–water partition coefficient (Wildman–Crippen LogP) is 7.87. The van der Waals surface area contributed by atoms with E-state index in [1.165, 1.54) is 82.4 Å². The van der Waals surface area contributed by atoms with E-state index < -0.39 is 0 Å². The van der Waals surface area contributed by atoms with Crippen LogP contribution in [0.15, 0.2) is 28.0 Å². The molecule has 3 heterocycles. The Hall–Kier alpha value is -2.19. The summed E-state index contributed by atoms with van der Waals surface area (Å²) in [6.07, 6.45) is 21.8. The summed E-state index contributed by atoms with van der Waals surface area (Å²) in [6.45, 7) is 4.85. The summed E-state index contributed by atoms with van der Waals surface area (Å²) >= 11 is 6.88. The lowest BCUT2D eigenvalue weighted by Gasteiger charge is -2.24. The van der Waals surface area contributed by atoms with Crippen LogP contribution in [0.25, 0.3) is 11.7 Å². The number of pyridine rings is 1. The second kappa shape index (κ2) is 15.0. The van der Waals surface area contributed by atoms with Crippen LogP contribution >= 0.6 is 24.0 Å². The SMILES string of the molecule is CCCCCCCCCCCCN1C(=O)C(=Cc2c(NC3CCCCC3)nc3ccc(C)cn3c2=O)SC1=S. The maximum atomic E-state index is 13.6. The van der Waals surface area contributed by atoms with Crippen molar-refractivity contribution in [2.75, 3.05) is 11.9 Å². The molecule has 4 rings (SSSR count). The highest BCUT2D eigenvalue weighted by Crippen LogP contribution is 2.34. The van der Waals surface area contributed by atoms with Crippen molar-refractivity contribution >= 4 is 51.7 Å². The van der Waals surface area contributed by atoms with E-state index in [1.54, 1.807) is 15.4 Å². The van der Waals surface area contributed by atoms with Crippen molar-refractivity contribution in [3.63, 3.8) is 0 Å². The van der Waals surface area contributed by atoms with Gasteiger partial charge in [-0.05, 0) is 43.9 Å². The van der Waals surface area contributed by atoms with Gasteiger partial charge in [-0.3, -0.25) is 18.9 Å². The topological polar surface area (TPSA) is 66.7 Å². The van der Waals surface area contributed by atoms with E-state index in [9.17, 15) is 9.59 Å². The van der Waals surface area contributed by atoms with Crippen LogP contribution in [-0.4, -0.2) is 37.1 Å². The van der Waals surface area contributed by atoms with Gasteiger partial charge in [0.25, 0.3) is 11.5 Å². The lowest BCUT2D eigenvalue weighted by molar-refractivity contribution is -0.122. The van der Waals surface area contributed by atoms with Crippen molar-refractivity contribution in [2.45, 2.75) is 116 Å². The Morgan fingerprint density at radius 3 is 2.36 bits per heavy atom. The minimum Gasteiger partial charge on any atom is -0.367 e. The number of thiocarbonyl (C=S) groups is 1. The second-order valence-corrected chi connectivity index (χ2v) is 12.8. The van der Waals surface area contributed by atoms with Crippen LogP contribution in [0.2, 0.25) is 0 Å². The van der Waals surface area contributed by atoms with Crippen molar-refractivity contribution < 1.29 is 4.79 Å². The molecular formula is C31H44N4O2S2. The fourth-order valence-electron chi connectivity index (χ4n) is 5.52. The van der Waals surface area contributed by atoms with E-state index in [4.69, 9.17) is 17.2 Å². The Morgan fingerprint density at radius 2 is 1.67 bits per heavy atom. The van der Waals surface area contributed by atoms with E-state index in [1.807, 2.05) is 25.3 Å². The number of carbonyl (C=O) groups is 1. The Morgan fingerprint density at radius 1 is 1.00 bits per heavy atom. The van der Waals surface area contributed by atoms with Crippen LogP contribution in [0.4, 0.5) is 5.82 Å². The largest absolute Gasteiger partial charge is 0.367 e. The van der Waals surface area contributed by atoms with Gasteiger partial charge < -0.3 is 5.32 Å². The molecule has 2 fully saturated rings. The zero-order valence-electron chi connectivity index (χ0n) is 23.7. The summed E-state index contributed by atoms with van der Waals surface area (Å²) < 4.78 is 2.16. The van der Waals surface area contributed by atoms with E-state index >= 15 is 0 Å². The average Bonchev–Trinajstić information content (AvgIpc) is 3.20. The molecule has 1 aliphatic carbocycles. The summed E-state index contributed by atoms with van der Waals surface area (Å²) in [5.74, 6) is 0.467. The molecule has 1 aliphatic heterocycles. The monoisotopic (exact) mass is 568 g/mol. The van der Waals surface area contributed by atoms with E-state index in [0.29, 0.717) is 32.8 Å². The molecule has 39 heavy (non-hydrogen) atoms. The van der Waals surface area contributed by atoms with Crippen LogP contribution in [-0.2, 0) is 4.79 Å². The summed E-state index contributed by atoms with van der Waals surface area (Å²) in [4.78, 5) is 34.0. The van der Waals surface area contributed by atoms with Gasteiger partial charge in [-0.2, -0.15) is 0 Å². The van der Waals surface area contributed by atoms with Gasteiger partial charge in [-0.25, -0.2) is 4.98 Å². The first kappa shape index (κ1) is 29.8. The fraction of sp³-hybridized carbons (Fsp3) is 0.613. The Kier molecular flexibility index (Phi) is 11.4. The summed E-state index contributed by atoms with van der Waals surface area (Å²) in [7, 11) is 0. The van der Waals surface area contributed by atoms with Gasteiger partial charge in [-0.15, -0.1) is 0 Å². The van der Waals surface area contributed by atoms with Crippen LogP contribution in [0, 0.1) is 6.92 Å². The molecule has 8 heteroatoms. The zero-order valence-corrected chi connectivity index (χ0v) is 25.3. The van der Waals surface area contributed by atoms with Gasteiger partial charge >= 0.3 is 0 Å². The third-order valence-electron chi connectivity index (χ3n) is 7.84. The number of amides is 1. The van der Waals surface area contributed by atoms with Gasteiger partial charge in [0.1, 0.15) is 15.8 Å². The summed E-state index contributed by atoms with van der Waals surface area (Å²) in [5.41, 5.74) is 1.85. The van der Waals surface area contributed by atoms with Crippen molar-refractivity contribution in [1.82, 2.24) is 14.3 Å². The number of aryl methyl sites for hydroxylation is 1. The molecule has 6 nitrogen and oxygen atoms in total. The molecule has 212 valence electrons. The third kappa shape index (κ3) is 8.16. The van der Waals surface area contributed by atoms with Gasteiger partial charge in [-0.1, -0.05) is 114 Å². The first-order valence-corrected chi connectivity index (χ1v) is 16.3. The number of hydrogen-bond donors (Lipinski definition) is 1. The fourth-order valence-corrected chi connectivity index (χ4v) is 6.81. The quantitative estimate of drug-likeness (QED) is 0.142. The predicted molar refractivity (Wildman–Crippen MR) is 168 cm³/mol. The number of anilines is 1. The van der Waals surface area contributed by atoms with E-state index in [-0.39, 0.29) is 17.5 Å². The molecule has 1 saturated heterocycles. The van der Waals surface area contributed by atoms with Crippen molar-refractivity contribution in [2.24, 2.45) is 0 Å². The number of rotatable bonds is 14. The molecule has 2 aromatic heterocycles. The Labute approximate surface area is 243 Å². The lowest BCUT2D eigenvalue weighted by Crippen LogP contribution is -2.29. The summed E-state index contributed by atoms with van der Waals surface area (Å²) in [6, 6.07) is 4.12. The molecule has 0 bridgehead atoms. The molecule has 0 atom stereocenters. The molecule has 0 spiro atoms. The number of unbranched alkanes of at least 4 members (excludes halogenated alkanes) is 9. The first-order valence-electron chi connectivity index (χ1n) is 15.0. The number of nitrogens with zero attached hydrogens (tertiary/aromatic N) is 3. The molecule has 0 aromatic carbocycles. The third-order valence-corrected chi connectivity index (χ3v) is 9.21. The van der Waals surface area contributed by atoms with Gasteiger partial charge in [0, 0.05) is 18.8 Å². The smallest absolute Gasteiger partial charge is 0.267 e. The van der Waals surface area contributed by atoms with Crippen molar-refractivity contribution in [3.8, 4) is 0 Å². The highest BCUT2D eigenvalue weighted by atomic mass is 32.2. The highest BCUT2D eigenvalue weighted by Gasteiger charge is 2.32. The number of fused-ring (bicyclic) bond motifs is 1. The molecule has 2 aliphatic rings. The number of thioether (sulfide) groups is 1. The number of aromatic nitrogens is 2. The minimum absolute atomic E-state index is 0.0988. The minimum atomic E-state index is -0.165. The maximum absolute atomic E-state index is 13.6. The number of carbonyl (C=O) groups excluding carboxylic acids is 1.